The van der Waals surface area contributed by atoms with Gasteiger partial charge in [-0.25, -0.2) is 0 Å². The van der Waals surface area contributed by atoms with Crippen molar-refractivity contribution in [1.82, 2.24) is 0 Å². The Kier molecular flexibility index (Phi) is 4.46. The first-order valence-corrected chi connectivity index (χ1v) is 6.03. The maximum Gasteiger partial charge on any atom is 0.416 e. The molecule has 0 amide bonds. The van der Waals surface area contributed by atoms with Crippen LogP contribution in [-0.2, 0) is 12.4 Å². The van der Waals surface area contributed by atoms with E-state index in [9.17, 15) is 31.1 Å². The molecule has 0 bridgehead atoms. The summed E-state index contributed by atoms with van der Waals surface area (Å²) in [5, 5.41) is 0. The van der Waals surface area contributed by atoms with Gasteiger partial charge in [0, 0.05) is 12.0 Å². The van der Waals surface area contributed by atoms with Crippen LogP contribution in [0.25, 0.3) is 0 Å². The van der Waals surface area contributed by atoms with Crippen molar-refractivity contribution >= 4 is 5.78 Å². The van der Waals surface area contributed by atoms with E-state index in [1.165, 1.54) is 0 Å². The van der Waals surface area contributed by atoms with Crippen molar-refractivity contribution in [3.8, 4) is 0 Å². The van der Waals surface area contributed by atoms with E-state index in [0.29, 0.717) is 12.1 Å². The molecule has 0 aliphatic heterocycles. The second-order valence-corrected chi connectivity index (χ2v) is 5.96. The SMILES string of the molecule is CC(C)(C)CC(=O)c1cc(C(F)(F)F)cc(C(F)(F)F)c1. The van der Waals surface area contributed by atoms with E-state index in [1.54, 1.807) is 20.8 Å². The molecule has 0 N–H and O–H groups in total. The third-order valence-corrected chi connectivity index (χ3v) is 2.60. The Labute approximate surface area is 118 Å². The highest BCUT2D eigenvalue weighted by Crippen LogP contribution is 2.37. The van der Waals surface area contributed by atoms with Gasteiger partial charge in [-0.2, -0.15) is 26.3 Å². The molecule has 1 aromatic carbocycles. The van der Waals surface area contributed by atoms with Crippen LogP contribution >= 0.6 is 0 Å². The minimum absolute atomic E-state index is 0.00781. The fraction of sp³-hybridized carbons (Fsp3) is 0.500. The monoisotopic (exact) mass is 312 g/mol. The number of carbonyl (C=O) groups is 1. The van der Waals surface area contributed by atoms with Crippen LogP contribution in [0.15, 0.2) is 18.2 Å². The number of hydrogen-bond acceptors (Lipinski definition) is 1. The van der Waals surface area contributed by atoms with Crippen molar-refractivity contribution in [2.24, 2.45) is 5.41 Å². The largest absolute Gasteiger partial charge is 0.416 e. The topological polar surface area (TPSA) is 17.1 Å². The van der Waals surface area contributed by atoms with Crippen molar-refractivity contribution in [3.05, 3.63) is 34.9 Å². The highest BCUT2D eigenvalue weighted by molar-refractivity contribution is 5.96. The zero-order valence-corrected chi connectivity index (χ0v) is 11.6. The molecule has 7 heteroatoms. The van der Waals surface area contributed by atoms with Gasteiger partial charge in [-0.3, -0.25) is 4.79 Å². The van der Waals surface area contributed by atoms with Gasteiger partial charge in [0.15, 0.2) is 5.78 Å². The molecule has 0 saturated heterocycles. The fourth-order valence-electron chi connectivity index (χ4n) is 1.70. The lowest BCUT2D eigenvalue weighted by atomic mass is 9.87. The summed E-state index contributed by atoms with van der Waals surface area (Å²) in [6.45, 7) is 5.01. The summed E-state index contributed by atoms with van der Waals surface area (Å²) in [4.78, 5) is 11.9. The number of Topliss-reactive ketones (excluding diaryl/α,β-unsaturated/α-hetero) is 1. The molecule has 1 aromatic rings. The second kappa shape index (κ2) is 5.35. The van der Waals surface area contributed by atoms with Crippen LogP contribution in [-0.4, -0.2) is 5.78 Å². The van der Waals surface area contributed by atoms with E-state index in [-0.39, 0.29) is 12.5 Å². The van der Waals surface area contributed by atoms with Gasteiger partial charge in [-0.15, -0.1) is 0 Å². The molecule has 0 saturated carbocycles. The molecule has 21 heavy (non-hydrogen) atoms. The molecule has 0 unspecified atom stereocenters. The van der Waals surface area contributed by atoms with Crippen LogP contribution in [0.2, 0.25) is 0 Å². The average Bonchev–Trinajstić information content (AvgIpc) is 2.23. The lowest BCUT2D eigenvalue weighted by Crippen LogP contribution is -2.16. The van der Waals surface area contributed by atoms with Crippen molar-refractivity contribution in [1.29, 1.82) is 0 Å². The number of halogens is 6. The highest BCUT2D eigenvalue weighted by atomic mass is 19.4. The van der Waals surface area contributed by atoms with Crippen LogP contribution in [0.5, 0.6) is 0 Å². The number of ketones is 1. The summed E-state index contributed by atoms with van der Waals surface area (Å²) in [6, 6.07) is 0.931. The summed E-state index contributed by atoms with van der Waals surface area (Å²) in [7, 11) is 0. The predicted octanol–water partition coefficient (Wildman–Crippen LogP) is 5.34. The van der Waals surface area contributed by atoms with Gasteiger partial charge in [-0.1, -0.05) is 20.8 Å². The number of benzene rings is 1. The number of rotatable bonds is 2. The molecule has 0 aromatic heterocycles. The standard InChI is InChI=1S/C14H14F6O/c1-12(2,3)7-11(21)8-4-9(13(15,16)17)6-10(5-8)14(18,19)20/h4-6H,7H2,1-3H3. The fourth-order valence-corrected chi connectivity index (χ4v) is 1.70. The third-order valence-electron chi connectivity index (χ3n) is 2.60. The summed E-state index contributed by atoms with van der Waals surface area (Å²) >= 11 is 0. The number of hydrogen-bond donors (Lipinski definition) is 0. The first-order chi connectivity index (χ1) is 9.20. The average molecular weight is 312 g/mol. The third kappa shape index (κ3) is 5.06. The summed E-state index contributed by atoms with van der Waals surface area (Å²) in [5.41, 5.74) is -4.07. The zero-order valence-electron chi connectivity index (χ0n) is 11.6. The van der Waals surface area contributed by atoms with Gasteiger partial charge >= 0.3 is 12.4 Å². The second-order valence-electron chi connectivity index (χ2n) is 5.96. The van der Waals surface area contributed by atoms with E-state index in [1.807, 2.05) is 0 Å². The van der Waals surface area contributed by atoms with Gasteiger partial charge in [0.25, 0.3) is 0 Å². The molecule has 118 valence electrons. The van der Waals surface area contributed by atoms with E-state index in [0.717, 1.165) is 0 Å². The number of alkyl halides is 6. The van der Waals surface area contributed by atoms with Gasteiger partial charge < -0.3 is 0 Å². The van der Waals surface area contributed by atoms with Crippen molar-refractivity contribution in [2.75, 3.05) is 0 Å². The smallest absolute Gasteiger partial charge is 0.294 e. The van der Waals surface area contributed by atoms with Crippen LogP contribution in [0, 0.1) is 5.41 Å². The van der Waals surface area contributed by atoms with E-state index < -0.39 is 40.2 Å². The van der Waals surface area contributed by atoms with Gasteiger partial charge in [0.2, 0.25) is 0 Å². The predicted molar refractivity (Wildman–Crippen MR) is 64.8 cm³/mol. The maximum atomic E-state index is 12.7. The summed E-state index contributed by atoms with van der Waals surface area (Å²) < 4.78 is 76.0. The van der Waals surface area contributed by atoms with Gasteiger partial charge in [0.05, 0.1) is 11.1 Å². The summed E-state index contributed by atoms with van der Waals surface area (Å²) in [5.74, 6) is -0.751. The number of carbonyl (C=O) groups excluding carboxylic acids is 1. The van der Waals surface area contributed by atoms with Crippen LogP contribution in [0.3, 0.4) is 0 Å². The molecule has 0 spiro atoms. The molecule has 0 aliphatic rings. The lowest BCUT2D eigenvalue weighted by molar-refractivity contribution is -0.143. The molecule has 0 atom stereocenters. The van der Waals surface area contributed by atoms with Crippen molar-refractivity contribution < 1.29 is 31.1 Å². The highest BCUT2D eigenvalue weighted by Gasteiger charge is 2.37. The minimum atomic E-state index is -4.95. The first kappa shape index (κ1) is 17.5. The normalized spacial score (nSPS) is 13.4. The molecule has 0 aliphatic carbocycles. The maximum absolute atomic E-state index is 12.7. The first-order valence-electron chi connectivity index (χ1n) is 6.03. The Balaban J connectivity index is 3.36. The zero-order chi connectivity index (χ0) is 16.6. The van der Waals surface area contributed by atoms with Gasteiger partial charge in [0.1, 0.15) is 0 Å². The van der Waals surface area contributed by atoms with E-state index in [4.69, 9.17) is 0 Å². The molecule has 1 nitrogen and oxygen atoms in total. The van der Waals surface area contributed by atoms with E-state index in [2.05, 4.69) is 0 Å². The molecule has 0 heterocycles. The molecule has 0 fully saturated rings. The Hall–Kier alpha value is -1.53. The lowest BCUT2D eigenvalue weighted by Gasteiger charge is -2.18. The van der Waals surface area contributed by atoms with Crippen LogP contribution < -0.4 is 0 Å². The quantitative estimate of drug-likeness (QED) is 0.532. The van der Waals surface area contributed by atoms with Gasteiger partial charge in [-0.05, 0) is 23.6 Å². The Morgan fingerprint density at radius 3 is 1.52 bits per heavy atom. The van der Waals surface area contributed by atoms with Crippen LogP contribution in [0.4, 0.5) is 26.3 Å². The van der Waals surface area contributed by atoms with Crippen molar-refractivity contribution in [3.63, 3.8) is 0 Å². The minimum Gasteiger partial charge on any atom is -0.294 e. The molecular formula is C14H14F6O. The Bertz CT molecular complexity index is 502. The van der Waals surface area contributed by atoms with Crippen LogP contribution in [0.1, 0.15) is 48.7 Å². The molecule has 1 rings (SSSR count). The Morgan fingerprint density at radius 1 is 0.857 bits per heavy atom. The summed E-state index contributed by atoms with van der Waals surface area (Å²) in [6.07, 6.45) is -10.0. The van der Waals surface area contributed by atoms with E-state index >= 15 is 0 Å². The van der Waals surface area contributed by atoms with Crippen molar-refractivity contribution in [2.45, 2.75) is 39.5 Å². The molecular weight excluding hydrogens is 298 g/mol. The Morgan fingerprint density at radius 2 is 1.24 bits per heavy atom. The molecule has 0 radical (unpaired) electrons.